The lowest BCUT2D eigenvalue weighted by Crippen LogP contribution is -2.36. The number of benzene rings is 2. The van der Waals surface area contributed by atoms with E-state index in [2.05, 4.69) is 0 Å². The maximum atomic E-state index is 8.74. The molecule has 0 radical (unpaired) electrons. The van der Waals surface area contributed by atoms with Crippen LogP contribution in [0, 0.1) is 17.7 Å². The maximum Gasteiger partial charge on any atom is 0.138 e. The van der Waals surface area contributed by atoms with Crippen molar-refractivity contribution in [3.05, 3.63) is 107 Å². The minimum absolute atomic E-state index is 0.307. The van der Waals surface area contributed by atoms with E-state index in [1.54, 1.807) is 4.90 Å². The topological polar surface area (TPSA) is 50.9 Å². The number of hydrogen-bond acceptors (Lipinski definition) is 2. The summed E-state index contributed by atoms with van der Waals surface area (Å²) in [6.07, 6.45) is 10.6. The molecule has 2 aromatic carbocycles. The van der Waals surface area contributed by atoms with E-state index in [1.165, 1.54) is 0 Å². The number of aryl methyl sites for hydroxylation is 1. The van der Waals surface area contributed by atoms with Crippen LogP contribution in [-0.2, 0) is 0 Å². The fourth-order valence-corrected chi connectivity index (χ4v) is 2.70. The van der Waals surface area contributed by atoms with Gasteiger partial charge in [-0.15, -0.1) is 0 Å². The molecule has 0 heterocycles. The Bertz CT molecular complexity index is 856. The Morgan fingerprint density at radius 1 is 0.778 bits per heavy atom. The Morgan fingerprint density at radius 3 is 2.00 bits per heavy atom. The highest BCUT2D eigenvalue weighted by Crippen LogP contribution is 2.20. The lowest BCUT2D eigenvalue weighted by Gasteiger charge is -2.28. The molecule has 0 aliphatic heterocycles. The molecule has 0 spiro atoms. The van der Waals surface area contributed by atoms with Crippen molar-refractivity contribution in [3.8, 4) is 0 Å². The van der Waals surface area contributed by atoms with Gasteiger partial charge in [0.05, 0.1) is 0 Å². The average molecular weight is 358 g/mol. The molecule has 138 valence electrons. The van der Waals surface area contributed by atoms with E-state index in [0.717, 1.165) is 22.4 Å². The molecule has 0 atom stereocenters. The molecule has 2 N–H and O–H groups in total. The first-order chi connectivity index (χ1) is 13.2. The Hall–Kier alpha value is -3.20. The molecule has 27 heavy (non-hydrogen) atoms. The van der Waals surface area contributed by atoms with Gasteiger partial charge in [0.1, 0.15) is 11.7 Å². The van der Waals surface area contributed by atoms with Gasteiger partial charge < -0.3 is 0 Å². The van der Waals surface area contributed by atoms with Crippen LogP contribution in [0.2, 0.25) is 0 Å². The molecule has 3 heteroatoms. The highest BCUT2D eigenvalue weighted by Gasteiger charge is 2.21. The van der Waals surface area contributed by atoms with Crippen LogP contribution in [0.5, 0.6) is 0 Å². The summed E-state index contributed by atoms with van der Waals surface area (Å²) >= 11 is 0. The van der Waals surface area contributed by atoms with Crippen LogP contribution in [0.4, 0.5) is 0 Å². The quantitative estimate of drug-likeness (QED) is 0.508. The first-order valence-electron chi connectivity index (χ1n) is 9.29. The number of nitrogens with zero attached hydrogens (tertiary/aromatic N) is 1. The Balaban J connectivity index is 0.00000126. The van der Waals surface area contributed by atoms with E-state index in [-0.39, 0.29) is 0 Å². The van der Waals surface area contributed by atoms with Crippen molar-refractivity contribution in [3.63, 3.8) is 0 Å². The minimum atomic E-state index is 0.307. The smallest absolute Gasteiger partial charge is 0.138 e. The molecule has 3 nitrogen and oxygen atoms in total. The molecule has 0 bridgehead atoms. The van der Waals surface area contributed by atoms with Crippen molar-refractivity contribution in [2.24, 2.45) is 0 Å². The highest BCUT2D eigenvalue weighted by molar-refractivity contribution is 6.13. The third-order valence-electron chi connectivity index (χ3n) is 4.08. The highest BCUT2D eigenvalue weighted by atomic mass is 15.2. The number of nitrogens with one attached hydrogen (secondary N) is 2. The van der Waals surface area contributed by atoms with E-state index < -0.39 is 0 Å². The molecule has 1 aliphatic carbocycles. The maximum absolute atomic E-state index is 8.74. The molecular formula is C24H27N3. The van der Waals surface area contributed by atoms with E-state index in [0.29, 0.717) is 18.1 Å². The summed E-state index contributed by atoms with van der Waals surface area (Å²) in [5.74, 6) is 0.616. The minimum Gasteiger partial charge on any atom is -0.284 e. The Morgan fingerprint density at radius 2 is 1.37 bits per heavy atom. The second-order valence-corrected chi connectivity index (χ2v) is 5.94. The van der Waals surface area contributed by atoms with Gasteiger partial charge in [-0.25, -0.2) is 0 Å². The van der Waals surface area contributed by atoms with Crippen LogP contribution in [0.15, 0.2) is 90.7 Å². The predicted octanol–water partition coefficient (Wildman–Crippen LogP) is 6.07. The zero-order chi connectivity index (χ0) is 19.6. The van der Waals surface area contributed by atoms with Gasteiger partial charge in [0, 0.05) is 23.2 Å². The molecule has 3 rings (SSSR count). The van der Waals surface area contributed by atoms with Gasteiger partial charge in [-0.2, -0.15) is 0 Å². The van der Waals surface area contributed by atoms with Crippen molar-refractivity contribution in [2.75, 3.05) is 0 Å². The third-order valence-corrected chi connectivity index (χ3v) is 4.08. The summed E-state index contributed by atoms with van der Waals surface area (Å²) in [5.41, 5.74) is 3.65. The molecule has 0 saturated carbocycles. The number of amidine groups is 2. The molecule has 1 aliphatic rings. The SMILES string of the molecule is CC.Cc1ccc(C(=N)N(C(=N)c2ccccc2)C2=CC=CC=CC2)cc1. The lowest BCUT2D eigenvalue weighted by molar-refractivity contribution is 0.715. The van der Waals surface area contributed by atoms with E-state index >= 15 is 0 Å². The van der Waals surface area contributed by atoms with Gasteiger partial charge in [-0.1, -0.05) is 98.3 Å². The lowest BCUT2D eigenvalue weighted by atomic mass is 10.1. The average Bonchev–Trinajstić information content (AvgIpc) is 3.00. The predicted molar refractivity (Wildman–Crippen MR) is 115 cm³/mol. The standard InChI is InChI=1S/C22H21N3.C2H6/c1-17-13-15-19(16-14-17)22(24)25(20-11-7-2-3-8-12-20)21(23)18-9-5-4-6-10-18;1-2/h2-11,13-16,23-24H,12H2,1H3;1-2H3. The molecule has 0 aromatic heterocycles. The van der Waals surface area contributed by atoms with Gasteiger partial charge in [-0.05, 0) is 13.0 Å². The van der Waals surface area contributed by atoms with Gasteiger partial charge >= 0.3 is 0 Å². The fraction of sp³-hybridized carbons (Fsp3) is 0.167. The first kappa shape index (κ1) is 20.1. The van der Waals surface area contributed by atoms with Crippen molar-refractivity contribution < 1.29 is 0 Å². The largest absolute Gasteiger partial charge is 0.284 e. The molecule has 0 fully saturated rings. The van der Waals surface area contributed by atoms with Crippen LogP contribution in [0.3, 0.4) is 0 Å². The van der Waals surface area contributed by atoms with Crippen LogP contribution in [-0.4, -0.2) is 16.6 Å². The Kier molecular flexibility index (Phi) is 7.50. The molecular weight excluding hydrogens is 330 g/mol. The number of allylic oxidation sites excluding steroid dienone is 5. The second kappa shape index (κ2) is 10.1. The normalized spacial score (nSPS) is 12.3. The van der Waals surface area contributed by atoms with Crippen molar-refractivity contribution in [2.45, 2.75) is 27.2 Å². The van der Waals surface area contributed by atoms with Crippen LogP contribution in [0.25, 0.3) is 0 Å². The molecule has 0 unspecified atom stereocenters. The molecule has 2 aromatic rings. The number of rotatable bonds is 3. The molecule has 0 amide bonds. The zero-order valence-corrected chi connectivity index (χ0v) is 16.2. The van der Waals surface area contributed by atoms with Crippen LogP contribution >= 0.6 is 0 Å². The second-order valence-electron chi connectivity index (χ2n) is 5.94. The van der Waals surface area contributed by atoms with Crippen molar-refractivity contribution >= 4 is 11.7 Å². The fourth-order valence-electron chi connectivity index (χ4n) is 2.70. The van der Waals surface area contributed by atoms with Crippen molar-refractivity contribution in [1.82, 2.24) is 4.90 Å². The summed E-state index contributed by atoms with van der Waals surface area (Å²) in [5, 5.41) is 17.5. The van der Waals surface area contributed by atoms with Gasteiger partial charge in [-0.3, -0.25) is 15.7 Å². The van der Waals surface area contributed by atoms with E-state index in [9.17, 15) is 0 Å². The molecule has 0 saturated heterocycles. The van der Waals surface area contributed by atoms with Gasteiger partial charge in [0.15, 0.2) is 0 Å². The summed E-state index contributed by atoms with van der Waals surface area (Å²) < 4.78 is 0. The van der Waals surface area contributed by atoms with Gasteiger partial charge in [0.2, 0.25) is 0 Å². The summed E-state index contributed by atoms with van der Waals surface area (Å²) in [6.45, 7) is 6.03. The zero-order valence-electron chi connectivity index (χ0n) is 16.2. The van der Waals surface area contributed by atoms with E-state index in [4.69, 9.17) is 10.8 Å². The van der Waals surface area contributed by atoms with Crippen molar-refractivity contribution in [1.29, 1.82) is 10.8 Å². The Labute approximate surface area is 162 Å². The monoisotopic (exact) mass is 357 g/mol. The van der Waals surface area contributed by atoms with Gasteiger partial charge in [0.25, 0.3) is 0 Å². The summed E-state index contributed by atoms with van der Waals surface area (Å²) in [4.78, 5) is 1.72. The summed E-state index contributed by atoms with van der Waals surface area (Å²) in [6, 6.07) is 17.4. The number of hydrogen-bond donors (Lipinski definition) is 2. The summed E-state index contributed by atoms with van der Waals surface area (Å²) in [7, 11) is 0. The third kappa shape index (κ3) is 5.14. The van der Waals surface area contributed by atoms with Crippen LogP contribution in [0.1, 0.15) is 37.0 Å². The first-order valence-corrected chi connectivity index (χ1v) is 9.29. The van der Waals surface area contributed by atoms with Crippen LogP contribution < -0.4 is 0 Å². The van der Waals surface area contributed by atoms with E-state index in [1.807, 2.05) is 106 Å².